The maximum Gasteiger partial charge on any atom is 0.329 e. The molecule has 0 heterocycles. The first kappa shape index (κ1) is 13.9. The van der Waals surface area contributed by atoms with Gasteiger partial charge < -0.3 is 10.4 Å². The number of hydrogen-bond acceptors (Lipinski definition) is 2. The molecule has 1 fully saturated rings. The summed E-state index contributed by atoms with van der Waals surface area (Å²) in [4.78, 5) is 23.3. The highest BCUT2D eigenvalue weighted by atomic mass is 35.5. The van der Waals surface area contributed by atoms with Gasteiger partial charge in [-0.15, -0.1) is 0 Å². The van der Waals surface area contributed by atoms with Crippen LogP contribution in [-0.2, 0) is 16.0 Å². The smallest absolute Gasteiger partial charge is 0.329 e. The Balaban J connectivity index is 2.00. The first-order valence-electron chi connectivity index (χ1n) is 6.31. The number of carbonyl (C=O) groups excluding carboxylic acids is 1. The van der Waals surface area contributed by atoms with E-state index in [1.165, 1.54) is 0 Å². The Morgan fingerprint density at radius 2 is 1.79 bits per heavy atom. The van der Waals surface area contributed by atoms with Gasteiger partial charge in [0.1, 0.15) is 5.54 Å². The molecule has 0 bridgehead atoms. The molecular weight excluding hydrogens is 266 g/mol. The van der Waals surface area contributed by atoms with Gasteiger partial charge in [-0.1, -0.05) is 36.6 Å². The van der Waals surface area contributed by atoms with Gasteiger partial charge in [-0.25, -0.2) is 4.79 Å². The second kappa shape index (κ2) is 5.61. The Kier molecular flexibility index (Phi) is 4.10. The molecule has 4 nitrogen and oxygen atoms in total. The number of nitrogens with one attached hydrogen (secondary N) is 1. The predicted octanol–water partition coefficient (Wildman–Crippen LogP) is 2.40. The fraction of sp³-hybridized carbons (Fsp3) is 0.429. The molecule has 0 atom stereocenters. The van der Waals surface area contributed by atoms with Gasteiger partial charge in [0.15, 0.2) is 0 Å². The van der Waals surface area contributed by atoms with Crippen molar-refractivity contribution >= 4 is 23.5 Å². The Bertz CT molecular complexity index is 478. The molecule has 1 aliphatic rings. The third kappa shape index (κ3) is 3.26. The lowest BCUT2D eigenvalue weighted by Crippen LogP contribution is -2.52. The van der Waals surface area contributed by atoms with Crippen LogP contribution in [0.2, 0.25) is 5.02 Å². The number of carboxylic acid groups (broad SMARTS) is 1. The summed E-state index contributed by atoms with van der Waals surface area (Å²) in [6.07, 6.45) is 2.87. The van der Waals surface area contributed by atoms with Crippen molar-refractivity contribution in [3.05, 3.63) is 34.9 Å². The second-order valence-electron chi connectivity index (χ2n) is 4.95. The fourth-order valence-electron chi connectivity index (χ4n) is 2.47. The average molecular weight is 282 g/mol. The zero-order valence-corrected chi connectivity index (χ0v) is 11.2. The number of hydrogen-bond donors (Lipinski definition) is 2. The van der Waals surface area contributed by atoms with Gasteiger partial charge in [-0.05, 0) is 30.5 Å². The topological polar surface area (TPSA) is 66.4 Å². The summed E-state index contributed by atoms with van der Waals surface area (Å²) < 4.78 is 0. The van der Waals surface area contributed by atoms with Gasteiger partial charge in [-0.3, -0.25) is 4.79 Å². The van der Waals surface area contributed by atoms with E-state index in [4.69, 9.17) is 11.6 Å². The third-order valence-electron chi connectivity index (χ3n) is 3.52. The maximum absolute atomic E-state index is 12.0. The summed E-state index contributed by atoms with van der Waals surface area (Å²) in [6, 6.07) is 6.97. The van der Waals surface area contributed by atoms with E-state index < -0.39 is 11.5 Å². The van der Waals surface area contributed by atoms with E-state index in [-0.39, 0.29) is 12.3 Å². The molecule has 0 radical (unpaired) electrons. The standard InChI is InChI=1S/C14H16ClNO3/c15-11-5-3-10(4-6-11)9-12(17)16-14(13(18)19)7-1-2-8-14/h3-6H,1-2,7-9H2,(H,16,17)(H,18,19). The van der Waals surface area contributed by atoms with Gasteiger partial charge in [-0.2, -0.15) is 0 Å². The van der Waals surface area contributed by atoms with Crippen molar-refractivity contribution in [2.24, 2.45) is 0 Å². The number of amides is 1. The molecule has 5 heteroatoms. The molecule has 1 aliphatic carbocycles. The van der Waals surface area contributed by atoms with Crippen LogP contribution in [0.5, 0.6) is 0 Å². The highest BCUT2D eigenvalue weighted by molar-refractivity contribution is 6.30. The number of carbonyl (C=O) groups is 2. The van der Waals surface area contributed by atoms with E-state index in [1.54, 1.807) is 24.3 Å². The average Bonchev–Trinajstić information content (AvgIpc) is 2.82. The van der Waals surface area contributed by atoms with Crippen molar-refractivity contribution in [2.75, 3.05) is 0 Å². The zero-order valence-electron chi connectivity index (χ0n) is 10.5. The van der Waals surface area contributed by atoms with Gasteiger partial charge in [0, 0.05) is 5.02 Å². The molecule has 1 aromatic carbocycles. The Morgan fingerprint density at radius 1 is 1.21 bits per heavy atom. The van der Waals surface area contributed by atoms with Crippen molar-refractivity contribution in [1.29, 1.82) is 0 Å². The van der Waals surface area contributed by atoms with Crippen LogP contribution in [0.15, 0.2) is 24.3 Å². The molecule has 1 amide bonds. The minimum atomic E-state index is -1.07. The van der Waals surface area contributed by atoms with Gasteiger partial charge >= 0.3 is 5.97 Å². The van der Waals surface area contributed by atoms with Crippen molar-refractivity contribution in [2.45, 2.75) is 37.6 Å². The van der Waals surface area contributed by atoms with Crippen molar-refractivity contribution in [3.63, 3.8) is 0 Å². The zero-order chi connectivity index (χ0) is 13.9. The van der Waals surface area contributed by atoms with Crippen LogP contribution in [0.1, 0.15) is 31.2 Å². The number of aliphatic carboxylic acids is 1. The summed E-state index contributed by atoms with van der Waals surface area (Å²) in [5.41, 5.74) is -0.246. The largest absolute Gasteiger partial charge is 0.480 e. The molecule has 0 aliphatic heterocycles. The molecule has 19 heavy (non-hydrogen) atoms. The molecule has 0 saturated heterocycles. The van der Waals surface area contributed by atoms with Gasteiger partial charge in [0.05, 0.1) is 6.42 Å². The van der Waals surface area contributed by atoms with Crippen LogP contribution in [0, 0.1) is 0 Å². The number of benzene rings is 1. The minimum absolute atomic E-state index is 0.173. The lowest BCUT2D eigenvalue weighted by atomic mass is 9.97. The van der Waals surface area contributed by atoms with Gasteiger partial charge in [0.25, 0.3) is 0 Å². The fourth-order valence-corrected chi connectivity index (χ4v) is 2.60. The van der Waals surface area contributed by atoms with E-state index >= 15 is 0 Å². The number of rotatable bonds is 4. The van der Waals surface area contributed by atoms with Crippen molar-refractivity contribution in [3.8, 4) is 0 Å². The quantitative estimate of drug-likeness (QED) is 0.890. The third-order valence-corrected chi connectivity index (χ3v) is 3.78. The summed E-state index contributed by atoms with van der Waals surface area (Å²) >= 11 is 5.77. The highest BCUT2D eigenvalue weighted by Crippen LogP contribution is 2.30. The molecule has 102 valence electrons. The SMILES string of the molecule is O=C(Cc1ccc(Cl)cc1)NC1(C(=O)O)CCCC1. The van der Waals surface area contributed by atoms with Crippen LogP contribution in [0.4, 0.5) is 0 Å². The molecule has 2 rings (SSSR count). The second-order valence-corrected chi connectivity index (χ2v) is 5.38. The van der Waals surface area contributed by atoms with Crippen LogP contribution >= 0.6 is 11.6 Å². The lowest BCUT2D eigenvalue weighted by Gasteiger charge is -2.25. The van der Waals surface area contributed by atoms with E-state index in [0.717, 1.165) is 18.4 Å². The van der Waals surface area contributed by atoms with E-state index in [0.29, 0.717) is 17.9 Å². The summed E-state index contributed by atoms with van der Waals surface area (Å²) in [7, 11) is 0. The van der Waals surface area contributed by atoms with E-state index in [1.807, 2.05) is 0 Å². The van der Waals surface area contributed by atoms with Gasteiger partial charge in [0.2, 0.25) is 5.91 Å². The van der Waals surface area contributed by atoms with E-state index in [2.05, 4.69) is 5.32 Å². The first-order valence-corrected chi connectivity index (χ1v) is 6.68. The first-order chi connectivity index (χ1) is 9.02. The summed E-state index contributed by atoms with van der Waals surface area (Å²) in [5, 5.41) is 12.6. The lowest BCUT2D eigenvalue weighted by molar-refractivity contribution is -0.147. The van der Waals surface area contributed by atoms with E-state index in [9.17, 15) is 14.7 Å². The number of carboxylic acids is 1. The molecule has 0 aromatic heterocycles. The van der Waals surface area contributed by atoms with Crippen LogP contribution in [-0.4, -0.2) is 22.5 Å². The molecule has 2 N–H and O–H groups in total. The summed E-state index contributed by atoms with van der Waals surface area (Å²) in [6.45, 7) is 0. The molecule has 0 spiro atoms. The Labute approximate surface area is 116 Å². The van der Waals surface area contributed by atoms with Crippen LogP contribution in [0.3, 0.4) is 0 Å². The van der Waals surface area contributed by atoms with Crippen LogP contribution < -0.4 is 5.32 Å². The molecule has 0 unspecified atom stereocenters. The minimum Gasteiger partial charge on any atom is -0.480 e. The molecule has 1 saturated carbocycles. The highest BCUT2D eigenvalue weighted by Gasteiger charge is 2.42. The monoisotopic (exact) mass is 281 g/mol. The Morgan fingerprint density at radius 3 is 2.32 bits per heavy atom. The number of halogens is 1. The Hall–Kier alpha value is -1.55. The normalized spacial score (nSPS) is 17.1. The maximum atomic E-state index is 12.0. The van der Waals surface area contributed by atoms with Crippen LogP contribution in [0.25, 0.3) is 0 Å². The molecular formula is C14H16ClNO3. The summed E-state index contributed by atoms with van der Waals surface area (Å²) in [5.74, 6) is -1.19. The molecule has 1 aromatic rings. The van der Waals surface area contributed by atoms with Crippen molar-refractivity contribution < 1.29 is 14.7 Å². The predicted molar refractivity (Wildman–Crippen MR) is 72.1 cm³/mol. The van der Waals surface area contributed by atoms with Crippen molar-refractivity contribution in [1.82, 2.24) is 5.32 Å².